The van der Waals surface area contributed by atoms with Crippen LogP contribution in [0.4, 0.5) is 0 Å². The normalized spacial score (nSPS) is 8.74. The number of carboxylic acid groups (broad SMARTS) is 1. The molecule has 0 spiro atoms. The molecule has 0 atom stereocenters. The number of hydrogen-bond donors (Lipinski definition) is 6. The van der Waals surface area contributed by atoms with E-state index < -0.39 is 17.9 Å². The number of ether oxygens (including phenoxy) is 2. The van der Waals surface area contributed by atoms with Crippen LogP contribution in [0.3, 0.4) is 0 Å². The van der Waals surface area contributed by atoms with Gasteiger partial charge in [0.05, 0.1) is 32.8 Å². The molecule has 0 unspecified atom stereocenters. The molecular weight excluding hydrogens is 314 g/mol. The van der Waals surface area contributed by atoms with Crippen molar-refractivity contribution in [3.8, 4) is 0 Å². The predicted octanol–water partition coefficient (Wildman–Crippen LogP) is -3.23. The van der Waals surface area contributed by atoms with Gasteiger partial charge >= 0.3 is 17.9 Å². The van der Waals surface area contributed by atoms with Crippen molar-refractivity contribution in [2.45, 2.75) is 12.8 Å². The smallest absolute Gasteiger partial charge is 0.319 e. The van der Waals surface area contributed by atoms with Gasteiger partial charge in [-0.2, -0.15) is 0 Å². The van der Waals surface area contributed by atoms with E-state index in [1.165, 1.54) is 0 Å². The Labute approximate surface area is 134 Å². The van der Waals surface area contributed by atoms with E-state index in [0.29, 0.717) is 12.8 Å². The number of rotatable bonds is 9. The Bertz CT molecular complexity index is 282. The second-order valence-corrected chi connectivity index (χ2v) is 3.60. The zero-order valence-electron chi connectivity index (χ0n) is 13.0. The van der Waals surface area contributed by atoms with Gasteiger partial charge in [-0.15, -0.1) is 0 Å². The number of carbonyl (C=O) groups is 3. The Balaban J connectivity index is -0.000000329. The summed E-state index contributed by atoms with van der Waals surface area (Å²) in [6.07, 6.45) is 0.956. The van der Waals surface area contributed by atoms with Crippen LogP contribution in [0, 0.1) is 0 Å². The molecule has 0 fully saturated rings. The molecule has 9 N–H and O–H groups in total. The molecule has 0 bridgehead atoms. The fourth-order valence-electron chi connectivity index (χ4n) is 0.619. The molecule has 23 heavy (non-hydrogen) atoms. The number of nitrogens with two attached hydrogens (primary N) is 3. The van der Waals surface area contributed by atoms with Crippen LogP contribution in [-0.2, 0) is 23.9 Å². The molecule has 138 valence electrons. The first kappa shape index (κ1) is 26.1. The van der Waals surface area contributed by atoms with Crippen molar-refractivity contribution in [2.75, 3.05) is 46.1 Å². The lowest BCUT2D eigenvalue weighted by atomic mass is 10.5. The van der Waals surface area contributed by atoms with E-state index in [9.17, 15) is 14.4 Å². The number of carboxylic acids is 1. The number of carbonyl (C=O) groups excluding carboxylic acids is 2. The second kappa shape index (κ2) is 22.5. The highest BCUT2D eigenvalue weighted by molar-refractivity contribution is 5.71. The van der Waals surface area contributed by atoms with Crippen molar-refractivity contribution in [3.05, 3.63) is 0 Å². The molecule has 0 aliphatic carbocycles. The zero-order chi connectivity index (χ0) is 18.5. The van der Waals surface area contributed by atoms with Crippen molar-refractivity contribution in [1.82, 2.24) is 0 Å². The fraction of sp³-hybridized carbons (Fsp3) is 0.750. The summed E-state index contributed by atoms with van der Waals surface area (Å²) >= 11 is 0. The van der Waals surface area contributed by atoms with Gasteiger partial charge in [0.15, 0.2) is 0 Å². The Morgan fingerprint density at radius 1 is 0.739 bits per heavy atom. The fourth-order valence-corrected chi connectivity index (χ4v) is 0.619. The topological polar surface area (TPSA) is 208 Å². The summed E-state index contributed by atoms with van der Waals surface area (Å²) in [7, 11) is 0. The highest BCUT2D eigenvalue weighted by Crippen LogP contribution is 1.85. The maximum atomic E-state index is 10.5. The number of aliphatic hydroxyl groups excluding tert-OH is 2. The summed E-state index contributed by atoms with van der Waals surface area (Å²) < 4.78 is 9.24. The summed E-state index contributed by atoms with van der Waals surface area (Å²) in [6, 6.07) is 0. The van der Waals surface area contributed by atoms with E-state index in [1.54, 1.807) is 0 Å². The van der Waals surface area contributed by atoms with E-state index in [1.807, 2.05) is 0 Å². The lowest BCUT2D eigenvalue weighted by molar-refractivity contribution is -0.144. The summed E-state index contributed by atoms with van der Waals surface area (Å²) in [5.74, 6) is -1.90. The lowest BCUT2D eigenvalue weighted by Crippen LogP contribution is -2.20. The average Bonchev–Trinajstić information content (AvgIpc) is 2.55. The quantitative estimate of drug-likeness (QED) is 0.181. The Hall–Kier alpha value is -1.79. The number of aliphatic carboxylic acids is 1. The SMILES string of the molecule is NCC(=O)O.NCC(=O)OCCCOC(=O)CN.OCCCO. The summed E-state index contributed by atoms with van der Waals surface area (Å²) in [4.78, 5) is 30.2. The van der Waals surface area contributed by atoms with Gasteiger partial charge in [0.25, 0.3) is 0 Å². The molecule has 0 aliphatic rings. The molecule has 0 rings (SSSR count). The third kappa shape index (κ3) is 33.2. The summed E-state index contributed by atoms with van der Waals surface area (Å²) in [6.45, 7) is 0.0416. The second-order valence-electron chi connectivity index (χ2n) is 3.60. The van der Waals surface area contributed by atoms with Crippen LogP contribution < -0.4 is 17.2 Å². The van der Waals surface area contributed by atoms with Crippen molar-refractivity contribution in [1.29, 1.82) is 0 Å². The van der Waals surface area contributed by atoms with E-state index in [2.05, 4.69) is 15.2 Å². The Morgan fingerprint density at radius 2 is 1.09 bits per heavy atom. The third-order valence-corrected chi connectivity index (χ3v) is 1.64. The van der Waals surface area contributed by atoms with Gasteiger partial charge in [0, 0.05) is 19.6 Å². The number of hydrogen-bond acceptors (Lipinski definition) is 10. The molecule has 0 saturated heterocycles. The van der Waals surface area contributed by atoms with E-state index in [0.717, 1.165) is 0 Å². The molecule has 11 nitrogen and oxygen atoms in total. The molecule has 0 aromatic rings. The van der Waals surface area contributed by atoms with Gasteiger partial charge in [0.1, 0.15) is 0 Å². The van der Waals surface area contributed by atoms with Gasteiger partial charge in [-0.25, -0.2) is 0 Å². The highest BCUT2D eigenvalue weighted by Gasteiger charge is 2.00. The van der Waals surface area contributed by atoms with Gasteiger partial charge in [-0.05, 0) is 6.42 Å². The van der Waals surface area contributed by atoms with Crippen LogP contribution in [0.2, 0.25) is 0 Å². The van der Waals surface area contributed by atoms with Crippen molar-refractivity contribution >= 4 is 17.9 Å². The van der Waals surface area contributed by atoms with Crippen LogP contribution in [0.1, 0.15) is 12.8 Å². The minimum atomic E-state index is -0.968. The maximum Gasteiger partial charge on any atom is 0.319 e. The molecule has 0 heterocycles. The van der Waals surface area contributed by atoms with Crippen molar-refractivity contribution < 1.29 is 39.2 Å². The summed E-state index contributed by atoms with van der Waals surface area (Å²) in [5, 5.41) is 23.4. The van der Waals surface area contributed by atoms with Crippen LogP contribution in [0.25, 0.3) is 0 Å². The van der Waals surface area contributed by atoms with Gasteiger partial charge in [-0.1, -0.05) is 0 Å². The molecule has 0 radical (unpaired) electrons. The van der Waals surface area contributed by atoms with E-state index in [4.69, 9.17) is 26.8 Å². The van der Waals surface area contributed by atoms with Crippen LogP contribution >= 0.6 is 0 Å². The van der Waals surface area contributed by atoms with Crippen molar-refractivity contribution in [3.63, 3.8) is 0 Å². The van der Waals surface area contributed by atoms with Gasteiger partial charge in [-0.3, -0.25) is 14.4 Å². The van der Waals surface area contributed by atoms with Crippen molar-refractivity contribution in [2.24, 2.45) is 17.2 Å². The third-order valence-electron chi connectivity index (χ3n) is 1.64. The van der Waals surface area contributed by atoms with Crippen LogP contribution in [0.5, 0.6) is 0 Å². The molecule has 0 saturated carbocycles. The molecule has 0 aromatic carbocycles. The minimum Gasteiger partial charge on any atom is -0.480 e. The lowest BCUT2D eigenvalue weighted by Gasteiger charge is -2.03. The summed E-state index contributed by atoms with van der Waals surface area (Å²) in [5.41, 5.74) is 14.5. The highest BCUT2D eigenvalue weighted by atomic mass is 16.5. The molecule has 11 heteroatoms. The molecule has 0 aliphatic heterocycles. The molecule has 0 amide bonds. The Morgan fingerprint density at radius 3 is 1.26 bits per heavy atom. The first-order valence-electron chi connectivity index (χ1n) is 6.74. The van der Waals surface area contributed by atoms with Gasteiger partial charge in [0.2, 0.25) is 0 Å². The Kier molecular flexibility index (Phi) is 25.5. The van der Waals surface area contributed by atoms with Crippen LogP contribution in [0.15, 0.2) is 0 Å². The van der Waals surface area contributed by atoms with Crippen LogP contribution in [-0.4, -0.2) is 79.3 Å². The maximum absolute atomic E-state index is 10.5. The first-order valence-corrected chi connectivity index (χ1v) is 6.74. The number of esters is 2. The zero-order valence-corrected chi connectivity index (χ0v) is 13.0. The largest absolute Gasteiger partial charge is 0.480 e. The standard InChI is InChI=1S/C7H14N2O4.C3H8O2.C2H5NO2/c8-4-6(10)12-2-1-3-13-7(11)5-9;4-2-1-3-5;3-1-2(4)5/h1-5,8-9H2;4-5H,1-3H2;1,3H2,(H,4,5). The van der Waals surface area contributed by atoms with E-state index >= 15 is 0 Å². The predicted molar refractivity (Wildman–Crippen MR) is 80.1 cm³/mol. The minimum absolute atomic E-state index is 0.0938. The van der Waals surface area contributed by atoms with E-state index in [-0.39, 0.29) is 46.1 Å². The monoisotopic (exact) mass is 341 g/mol. The first-order chi connectivity index (χ1) is 10.9. The molecular formula is C12H27N3O8. The molecule has 0 aromatic heterocycles. The average molecular weight is 341 g/mol. The number of aliphatic hydroxyl groups is 2. The van der Waals surface area contributed by atoms with Gasteiger partial charge < -0.3 is 42.0 Å².